The molecule has 0 aliphatic rings. The maximum atomic E-state index is 12.8. The van der Waals surface area contributed by atoms with Crippen LogP contribution in [0.1, 0.15) is 17.8 Å². The highest BCUT2D eigenvalue weighted by atomic mass is 31.2. The number of rotatable bonds is 9. The molecule has 3 N–H and O–H groups in total. The number of methoxy groups -OCH3 is 1. The zero-order valence-electron chi connectivity index (χ0n) is 17.1. The van der Waals surface area contributed by atoms with E-state index in [1.165, 1.54) is 4.57 Å². The van der Waals surface area contributed by atoms with Crippen LogP contribution in [-0.4, -0.2) is 42.6 Å². The lowest BCUT2D eigenvalue weighted by Crippen LogP contribution is -2.40. The van der Waals surface area contributed by atoms with Crippen molar-refractivity contribution in [1.29, 1.82) is 0 Å². The van der Waals surface area contributed by atoms with E-state index in [2.05, 4.69) is 20.4 Å². The van der Waals surface area contributed by atoms with Crippen LogP contribution in [0.2, 0.25) is 0 Å². The van der Waals surface area contributed by atoms with Crippen LogP contribution in [0.5, 0.6) is 5.75 Å². The van der Waals surface area contributed by atoms with Gasteiger partial charge in [0.05, 0.1) is 20.3 Å². The van der Waals surface area contributed by atoms with Gasteiger partial charge >= 0.3 is 13.5 Å². The van der Waals surface area contributed by atoms with Crippen LogP contribution in [-0.2, 0) is 22.2 Å². The fraction of sp³-hybridized carbons (Fsp3) is 0.250. The van der Waals surface area contributed by atoms with Gasteiger partial charge in [0.15, 0.2) is 5.65 Å². The SMILES string of the molecule is C#CCn1c(=O)c2[nH]c(/C=C/c3cccc(OC)c3)nc2n(CCCOP(=O)(O)O)c1=O. The zero-order chi connectivity index (χ0) is 23.3. The first-order valence-corrected chi connectivity index (χ1v) is 11.0. The number of hydrogen-bond acceptors (Lipinski definition) is 6. The number of hydrogen-bond donors (Lipinski definition) is 3. The van der Waals surface area contributed by atoms with E-state index in [0.29, 0.717) is 11.6 Å². The Bertz CT molecular complexity index is 1360. The van der Waals surface area contributed by atoms with E-state index < -0.39 is 19.1 Å². The number of aromatic nitrogens is 4. The summed E-state index contributed by atoms with van der Waals surface area (Å²) in [5.41, 5.74) is -0.261. The molecule has 11 nitrogen and oxygen atoms in total. The molecular formula is C20H21N4O7P. The Kier molecular flexibility index (Phi) is 7.12. The van der Waals surface area contributed by atoms with Crippen LogP contribution in [0.25, 0.3) is 23.3 Å². The highest BCUT2D eigenvalue weighted by Gasteiger charge is 2.17. The predicted octanol–water partition coefficient (Wildman–Crippen LogP) is 1.20. The molecule has 32 heavy (non-hydrogen) atoms. The molecule has 0 atom stereocenters. The summed E-state index contributed by atoms with van der Waals surface area (Å²) in [4.78, 5) is 50.4. The Morgan fingerprint density at radius 2 is 2.06 bits per heavy atom. The molecule has 0 saturated carbocycles. The van der Waals surface area contributed by atoms with E-state index in [1.54, 1.807) is 25.3 Å². The van der Waals surface area contributed by atoms with Crippen molar-refractivity contribution in [3.63, 3.8) is 0 Å². The maximum Gasteiger partial charge on any atom is 0.469 e. The lowest BCUT2D eigenvalue weighted by molar-refractivity contribution is 0.192. The van der Waals surface area contributed by atoms with Crippen LogP contribution in [0.4, 0.5) is 0 Å². The number of aryl methyl sites for hydroxylation is 1. The fourth-order valence-electron chi connectivity index (χ4n) is 3.02. The number of terminal acetylenes is 1. The number of benzene rings is 1. The summed E-state index contributed by atoms with van der Waals surface area (Å²) in [6, 6.07) is 7.31. The highest BCUT2D eigenvalue weighted by molar-refractivity contribution is 7.46. The van der Waals surface area contributed by atoms with Crippen molar-refractivity contribution >= 4 is 31.1 Å². The summed E-state index contributed by atoms with van der Waals surface area (Å²) in [5.74, 6) is 3.28. The number of fused-ring (bicyclic) bond motifs is 1. The molecule has 2 heterocycles. The average molecular weight is 460 g/mol. The van der Waals surface area contributed by atoms with Gasteiger partial charge in [0, 0.05) is 6.54 Å². The monoisotopic (exact) mass is 460 g/mol. The standard InChI is InChI=1S/C20H21N4O7P/c1-3-10-24-19(25)17-18(23(20(24)26)11-5-12-31-32(27,28)29)22-16(21-17)9-8-14-6-4-7-15(13-14)30-2/h1,4,6-9,13H,5,10-12H2,2H3,(H,21,22)(H2,27,28,29)/b9-8+. The van der Waals surface area contributed by atoms with Gasteiger partial charge in [-0.05, 0) is 30.2 Å². The molecule has 12 heteroatoms. The quantitative estimate of drug-likeness (QED) is 0.245. The Hall–Kier alpha value is -3.42. The molecule has 0 spiro atoms. The third-order valence-corrected chi connectivity index (χ3v) is 4.96. The van der Waals surface area contributed by atoms with E-state index in [1.807, 2.05) is 18.2 Å². The number of ether oxygens (including phenoxy) is 1. The van der Waals surface area contributed by atoms with Crippen LogP contribution in [0.15, 0.2) is 33.9 Å². The summed E-state index contributed by atoms with van der Waals surface area (Å²) >= 11 is 0. The molecule has 0 unspecified atom stereocenters. The van der Waals surface area contributed by atoms with Crippen molar-refractivity contribution in [2.24, 2.45) is 0 Å². The van der Waals surface area contributed by atoms with Gasteiger partial charge in [-0.15, -0.1) is 6.42 Å². The van der Waals surface area contributed by atoms with Gasteiger partial charge in [0.1, 0.15) is 17.1 Å². The second-order valence-electron chi connectivity index (χ2n) is 6.64. The summed E-state index contributed by atoms with van der Waals surface area (Å²) in [7, 11) is -3.06. The van der Waals surface area contributed by atoms with Gasteiger partial charge in [-0.1, -0.05) is 24.1 Å². The van der Waals surface area contributed by atoms with Crippen molar-refractivity contribution < 1.29 is 23.6 Å². The van der Waals surface area contributed by atoms with Crippen LogP contribution >= 0.6 is 7.82 Å². The number of aromatic amines is 1. The summed E-state index contributed by atoms with van der Waals surface area (Å²) in [6.45, 7) is -0.524. The molecule has 168 valence electrons. The van der Waals surface area contributed by atoms with E-state index in [4.69, 9.17) is 20.9 Å². The van der Waals surface area contributed by atoms with Gasteiger partial charge in [0.25, 0.3) is 5.56 Å². The molecule has 0 amide bonds. The van der Waals surface area contributed by atoms with Crippen molar-refractivity contribution in [2.75, 3.05) is 13.7 Å². The topological polar surface area (TPSA) is 149 Å². The number of imidazole rings is 1. The van der Waals surface area contributed by atoms with E-state index in [-0.39, 0.29) is 37.3 Å². The van der Waals surface area contributed by atoms with E-state index in [9.17, 15) is 14.2 Å². The summed E-state index contributed by atoms with van der Waals surface area (Å²) < 4.78 is 22.6. The molecule has 2 aromatic heterocycles. The highest BCUT2D eigenvalue weighted by Crippen LogP contribution is 2.35. The molecular weight excluding hydrogens is 439 g/mol. The molecule has 0 saturated heterocycles. The first-order chi connectivity index (χ1) is 15.2. The normalized spacial score (nSPS) is 11.8. The summed E-state index contributed by atoms with van der Waals surface area (Å²) in [6.07, 6.45) is 8.79. The fourth-order valence-corrected chi connectivity index (χ4v) is 3.39. The number of nitrogens with one attached hydrogen (secondary N) is 1. The van der Waals surface area contributed by atoms with Crippen LogP contribution < -0.4 is 16.0 Å². The molecule has 1 aromatic carbocycles. The van der Waals surface area contributed by atoms with Gasteiger partial charge in [0.2, 0.25) is 0 Å². The lowest BCUT2D eigenvalue weighted by Gasteiger charge is -2.10. The molecule has 0 aliphatic carbocycles. The van der Waals surface area contributed by atoms with Gasteiger partial charge in [-0.3, -0.25) is 13.9 Å². The second-order valence-corrected chi connectivity index (χ2v) is 7.88. The van der Waals surface area contributed by atoms with Crippen LogP contribution in [0.3, 0.4) is 0 Å². The second kappa shape index (κ2) is 9.80. The Morgan fingerprint density at radius 1 is 1.28 bits per heavy atom. The Morgan fingerprint density at radius 3 is 2.75 bits per heavy atom. The minimum absolute atomic E-state index is 0.00404. The largest absolute Gasteiger partial charge is 0.497 e. The average Bonchev–Trinajstić information content (AvgIpc) is 3.18. The lowest BCUT2D eigenvalue weighted by atomic mass is 10.2. The van der Waals surface area contributed by atoms with Gasteiger partial charge in [-0.2, -0.15) is 0 Å². The maximum absolute atomic E-state index is 12.8. The van der Waals surface area contributed by atoms with Crippen molar-refractivity contribution in [3.05, 3.63) is 56.5 Å². The van der Waals surface area contributed by atoms with E-state index in [0.717, 1.165) is 10.1 Å². The molecule has 3 rings (SSSR count). The predicted molar refractivity (Wildman–Crippen MR) is 118 cm³/mol. The van der Waals surface area contributed by atoms with E-state index >= 15 is 0 Å². The first-order valence-electron chi connectivity index (χ1n) is 9.42. The Balaban J connectivity index is 1.99. The molecule has 3 aromatic rings. The first kappa shape index (κ1) is 23.2. The molecule has 0 radical (unpaired) electrons. The molecule has 0 aliphatic heterocycles. The smallest absolute Gasteiger partial charge is 0.469 e. The number of phosphoric ester groups is 1. The number of H-pyrrole nitrogens is 1. The van der Waals surface area contributed by atoms with Gasteiger partial charge in [-0.25, -0.2) is 18.9 Å². The number of phosphoric acid groups is 1. The zero-order valence-corrected chi connectivity index (χ0v) is 18.0. The number of nitrogens with zero attached hydrogens (tertiary/aromatic N) is 3. The third kappa shape index (κ3) is 5.43. The minimum atomic E-state index is -4.62. The third-order valence-electron chi connectivity index (χ3n) is 4.44. The van der Waals surface area contributed by atoms with Crippen molar-refractivity contribution in [1.82, 2.24) is 19.1 Å². The van der Waals surface area contributed by atoms with Gasteiger partial charge < -0.3 is 19.5 Å². The molecule has 0 fully saturated rings. The van der Waals surface area contributed by atoms with Crippen molar-refractivity contribution in [3.8, 4) is 18.1 Å². The van der Waals surface area contributed by atoms with Crippen LogP contribution in [0, 0.1) is 12.3 Å². The summed E-state index contributed by atoms with van der Waals surface area (Å²) in [5, 5.41) is 0. The minimum Gasteiger partial charge on any atom is -0.497 e. The Labute approximate surface area is 182 Å². The van der Waals surface area contributed by atoms with Crippen molar-refractivity contribution in [2.45, 2.75) is 19.5 Å². The molecule has 0 bridgehead atoms.